The van der Waals surface area contributed by atoms with Gasteiger partial charge in [0.25, 0.3) is 0 Å². The average molecular weight is 226 g/mol. The minimum absolute atomic E-state index is 0.000458. The van der Waals surface area contributed by atoms with Crippen LogP contribution in [0.4, 0.5) is 0 Å². The Labute approximate surface area is 99.4 Å². The van der Waals surface area contributed by atoms with Gasteiger partial charge in [0.05, 0.1) is 6.10 Å². The molecule has 1 aliphatic carbocycles. The Kier molecular flexibility index (Phi) is 4.62. The predicted octanol–water partition coefficient (Wildman–Crippen LogP) is 1.17. The minimum atomic E-state index is 0.000458. The van der Waals surface area contributed by atoms with Crippen LogP contribution in [0.1, 0.15) is 32.1 Å². The highest BCUT2D eigenvalue weighted by Gasteiger charge is 2.27. The molecule has 0 aromatic carbocycles. The topological polar surface area (TPSA) is 26.7 Å². The fraction of sp³-hybridized carbons (Fsp3) is 1.00. The molecule has 1 N–H and O–H groups in total. The van der Waals surface area contributed by atoms with E-state index in [1.807, 2.05) is 0 Å². The molecule has 0 aromatic heterocycles. The van der Waals surface area contributed by atoms with Crippen molar-refractivity contribution in [3.05, 3.63) is 0 Å². The molecule has 0 bridgehead atoms. The molecular weight excluding hydrogens is 200 g/mol. The van der Waals surface area contributed by atoms with Crippen molar-refractivity contribution in [1.82, 2.24) is 9.80 Å². The Hall–Kier alpha value is -0.120. The maximum atomic E-state index is 9.24. The molecule has 2 rings (SSSR count). The number of aliphatic hydroxyl groups is 1. The summed E-state index contributed by atoms with van der Waals surface area (Å²) in [6, 6.07) is 0. The standard InChI is InChI=1S/C13H26N2O/c1-14(11-12-9-13(16)10-12)7-8-15-5-3-2-4-6-15/h12-13,16H,2-11H2,1H3. The minimum Gasteiger partial charge on any atom is -0.393 e. The lowest BCUT2D eigenvalue weighted by atomic mass is 9.82. The van der Waals surface area contributed by atoms with Crippen LogP contribution >= 0.6 is 0 Å². The Morgan fingerprint density at radius 1 is 1.19 bits per heavy atom. The lowest BCUT2D eigenvalue weighted by molar-refractivity contribution is 0.0269. The van der Waals surface area contributed by atoms with Crippen molar-refractivity contribution in [3.8, 4) is 0 Å². The average Bonchev–Trinajstić information content (AvgIpc) is 2.26. The van der Waals surface area contributed by atoms with Crippen LogP contribution in [0.25, 0.3) is 0 Å². The molecule has 0 spiro atoms. The van der Waals surface area contributed by atoms with Gasteiger partial charge in [0.1, 0.15) is 0 Å². The number of hydrogen-bond donors (Lipinski definition) is 1. The monoisotopic (exact) mass is 226 g/mol. The Morgan fingerprint density at radius 2 is 1.88 bits per heavy atom. The van der Waals surface area contributed by atoms with Gasteiger partial charge in [-0.05, 0) is 51.7 Å². The third-order valence-electron chi connectivity index (χ3n) is 4.03. The Balaban J connectivity index is 1.54. The maximum absolute atomic E-state index is 9.24. The molecule has 0 radical (unpaired) electrons. The summed E-state index contributed by atoms with van der Waals surface area (Å²) < 4.78 is 0. The van der Waals surface area contributed by atoms with Crippen LogP contribution in [0.3, 0.4) is 0 Å². The molecule has 0 aromatic rings. The van der Waals surface area contributed by atoms with Crippen molar-refractivity contribution in [3.63, 3.8) is 0 Å². The molecule has 0 amide bonds. The van der Waals surface area contributed by atoms with Gasteiger partial charge in [0.15, 0.2) is 0 Å². The number of piperidine rings is 1. The van der Waals surface area contributed by atoms with E-state index in [0.717, 1.165) is 18.8 Å². The molecule has 0 unspecified atom stereocenters. The SMILES string of the molecule is CN(CCN1CCCCC1)CC1CC(O)C1. The molecule has 3 heteroatoms. The second-order valence-electron chi connectivity index (χ2n) is 5.66. The van der Waals surface area contributed by atoms with Gasteiger partial charge < -0.3 is 14.9 Å². The predicted molar refractivity (Wildman–Crippen MR) is 66.5 cm³/mol. The number of nitrogens with zero attached hydrogens (tertiary/aromatic N) is 2. The van der Waals surface area contributed by atoms with Crippen molar-refractivity contribution in [2.45, 2.75) is 38.2 Å². The normalized spacial score (nSPS) is 31.7. The van der Waals surface area contributed by atoms with Crippen LogP contribution in [0.2, 0.25) is 0 Å². The Morgan fingerprint density at radius 3 is 2.50 bits per heavy atom. The van der Waals surface area contributed by atoms with Crippen molar-refractivity contribution in [1.29, 1.82) is 0 Å². The van der Waals surface area contributed by atoms with Gasteiger partial charge in [0.2, 0.25) is 0 Å². The van der Waals surface area contributed by atoms with Crippen LogP contribution < -0.4 is 0 Å². The summed E-state index contributed by atoms with van der Waals surface area (Å²) in [4.78, 5) is 5.03. The number of likely N-dealkylation sites (tertiary alicyclic amines) is 1. The summed E-state index contributed by atoms with van der Waals surface area (Å²) in [6.07, 6.45) is 6.24. The molecule has 1 aliphatic heterocycles. The molecule has 16 heavy (non-hydrogen) atoms. The summed E-state index contributed by atoms with van der Waals surface area (Å²) >= 11 is 0. The third-order valence-corrected chi connectivity index (χ3v) is 4.03. The fourth-order valence-electron chi connectivity index (χ4n) is 2.88. The number of hydrogen-bond acceptors (Lipinski definition) is 3. The van der Waals surface area contributed by atoms with Gasteiger partial charge in [-0.15, -0.1) is 0 Å². The lowest BCUT2D eigenvalue weighted by Crippen LogP contribution is -2.41. The molecule has 2 fully saturated rings. The maximum Gasteiger partial charge on any atom is 0.0546 e. The van der Waals surface area contributed by atoms with Crippen LogP contribution in [-0.2, 0) is 0 Å². The van der Waals surface area contributed by atoms with E-state index in [-0.39, 0.29) is 6.10 Å². The van der Waals surface area contributed by atoms with Crippen LogP contribution in [0.15, 0.2) is 0 Å². The molecule has 2 aliphatic rings. The van der Waals surface area contributed by atoms with Crippen LogP contribution in [0.5, 0.6) is 0 Å². The largest absolute Gasteiger partial charge is 0.393 e. The summed E-state index contributed by atoms with van der Waals surface area (Å²) in [5.41, 5.74) is 0. The number of aliphatic hydroxyl groups excluding tert-OH is 1. The zero-order chi connectivity index (χ0) is 11.4. The van der Waals surface area contributed by atoms with Gasteiger partial charge in [-0.25, -0.2) is 0 Å². The van der Waals surface area contributed by atoms with Crippen LogP contribution in [0, 0.1) is 5.92 Å². The quantitative estimate of drug-likeness (QED) is 0.762. The van der Waals surface area contributed by atoms with Gasteiger partial charge in [-0.2, -0.15) is 0 Å². The van der Waals surface area contributed by atoms with Crippen LogP contribution in [-0.4, -0.2) is 60.8 Å². The van der Waals surface area contributed by atoms with E-state index in [0.29, 0.717) is 0 Å². The third kappa shape index (κ3) is 3.72. The van der Waals surface area contributed by atoms with Crippen molar-refractivity contribution in [2.24, 2.45) is 5.92 Å². The van der Waals surface area contributed by atoms with E-state index in [1.54, 1.807) is 0 Å². The molecule has 1 saturated heterocycles. The van der Waals surface area contributed by atoms with E-state index in [1.165, 1.54) is 52.0 Å². The number of likely N-dealkylation sites (N-methyl/N-ethyl adjacent to an activating group) is 1. The highest BCUT2D eigenvalue weighted by molar-refractivity contribution is 4.80. The Bertz CT molecular complexity index is 198. The van der Waals surface area contributed by atoms with E-state index in [4.69, 9.17) is 0 Å². The highest BCUT2D eigenvalue weighted by atomic mass is 16.3. The summed E-state index contributed by atoms with van der Waals surface area (Å²) in [5.74, 6) is 0.751. The molecule has 3 nitrogen and oxygen atoms in total. The first kappa shape index (κ1) is 12.3. The van der Waals surface area contributed by atoms with Crippen molar-refractivity contribution < 1.29 is 5.11 Å². The molecular formula is C13H26N2O. The van der Waals surface area contributed by atoms with Crippen molar-refractivity contribution >= 4 is 0 Å². The zero-order valence-electron chi connectivity index (χ0n) is 10.6. The fourth-order valence-corrected chi connectivity index (χ4v) is 2.88. The van der Waals surface area contributed by atoms with Gasteiger partial charge in [-0.1, -0.05) is 6.42 Å². The van der Waals surface area contributed by atoms with E-state index < -0.39 is 0 Å². The first-order valence-electron chi connectivity index (χ1n) is 6.83. The van der Waals surface area contributed by atoms with E-state index in [9.17, 15) is 5.11 Å². The summed E-state index contributed by atoms with van der Waals surface area (Å²) in [5, 5.41) is 9.24. The first-order valence-corrected chi connectivity index (χ1v) is 6.83. The molecule has 0 atom stereocenters. The zero-order valence-corrected chi connectivity index (χ0v) is 10.6. The van der Waals surface area contributed by atoms with E-state index in [2.05, 4.69) is 16.8 Å². The van der Waals surface area contributed by atoms with E-state index >= 15 is 0 Å². The first-order chi connectivity index (χ1) is 7.74. The smallest absolute Gasteiger partial charge is 0.0546 e. The number of rotatable bonds is 5. The molecule has 94 valence electrons. The second kappa shape index (κ2) is 5.99. The summed E-state index contributed by atoms with van der Waals surface area (Å²) in [7, 11) is 2.22. The van der Waals surface area contributed by atoms with Crippen molar-refractivity contribution in [2.75, 3.05) is 39.8 Å². The molecule has 1 heterocycles. The highest BCUT2D eigenvalue weighted by Crippen LogP contribution is 2.27. The summed E-state index contributed by atoms with van der Waals surface area (Å²) in [6.45, 7) is 6.19. The van der Waals surface area contributed by atoms with Gasteiger partial charge in [0, 0.05) is 19.6 Å². The van der Waals surface area contributed by atoms with Gasteiger partial charge in [-0.3, -0.25) is 0 Å². The van der Waals surface area contributed by atoms with Gasteiger partial charge >= 0.3 is 0 Å². The molecule has 1 saturated carbocycles. The lowest BCUT2D eigenvalue weighted by Gasteiger charge is -2.35. The second-order valence-corrected chi connectivity index (χ2v) is 5.66.